The molecule has 5 nitrogen and oxygen atoms in total. The number of carbonyl (C=O) groups is 2. The number of carbonyl (C=O) groups excluding carboxylic acids is 2. The minimum atomic E-state index is -0.190. The van der Waals surface area contributed by atoms with Crippen molar-refractivity contribution in [1.29, 1.82) is 0 Å². The summed E-state index contributed by atoms with van der Waals surface area (Å²) in [6, 6.07) is 1.66. The van der Waals surface area contributed by atoms with E-state index in [1.165, 1.54) is 7.11 Å². The molecule has 0 spiro atoms. The molecule has 0 aromatic carbocycles. The minimum Gasteiger partial charge on any atom is -0.469 e. The van der Waals surface area contributed by atoms with Crippen molar-refractivity contribution in [2.24, 2.45) is 0 Å². The number of halogens is 1. The maximum Gasteiger partial charge on any atom is 0.305 e. The molecule has 20 heavy (non-hydrogen) atoms. The van der Waals surface area contributed by atoms with E-state index in [1.807, 2.05) is 11.5 Å². The second-order valence-corrected chi connectivity index (χ2v) is 4.91. The third-order valence-corrected chi connectivity index (χ3v) is 3.21. The summed E-state index contributed by atoms with van der Waals surface area (Å²) in [5, 5.41) is 3.42. The summed E-state index contributed by atoms with van der Waals surface area (Å²) in [7, 11) is 1.39. The van der Waals surface area contributed by atoms with E-state index in [0.717, 1.165) is 19.3 Å². The van der Waals surface area contributed by atoms with E-state index < -0.39 is 0 Å². The fourth-order valence-electron chi connectivity index (χ4n) is 1.89. The SMILES string of the molecule is CCn1cc(Cl)cc1C(=O)NCCCCCC(=O)OC. The van der Waals surface area contributed by atoms with Gasteiger partial charge in [-0.25, -0.2) is 0 Å². The zero-order valence-electron chi connectivity index (χ0n) is 11.9. The van der Waals surface area contributed by atoms with Gasteiger partial charge in [-0.3, -0.25) is 9.59 Å². The van der Waals surface area contributed by atoms with Crippen LogP contribution in [0.2, 0.25) is 5.02 Å². The fraction of sp³-hybridized carbons (Fsp3) is 0.571. The first kappa shape index (κ1) is 16.6. The van der Waals surface area contributed by atoms with E-state index in [4.69, 9.17) is 11.6 Å². The standard InChI is InChI=1S/C14H21ClN2O3/c1-3-17-10-11(15)9-12(17)14(19)16-8-6-4-5-7-13(18)20-2/h9-10H,3-8H2,1-2H3,(H,16,19). The van der Waals surface area contributed by atoms with Gasteiger partial charge in [-0.05, 0) is 25.8 Å². The lowest BCUT2D eigenvalue weighted by Gasteiger charge is -2.07. The zero-order chi connectivity index (χ0) is 15.0. The van der Waals surface area contributed by atoms with Gasteiger partial charge in [0.25, 0.3) is 5.91 Å². The molecule has 0 bridgehead atoms. The third-order valence-electron chi connectivity index (χ3n) is 3.01. The van der Waals surface area contributed by atoms with Crippen molar-refractivity contribution in [2.45, 2.75) is 39.2 Å². The van der Waals surface area contributed by atoms with E-state index in [2.05, 4.69) is 10.1 Å². The van der Waals surface area contributed by atoms with Gasteiger partial charge in [-0.15, -0.1) is 0 Å². The molecular formula is C14H21ClN2O3. The van der Waals surface area contributed by atoms with Gasteiger partial charge in [0.15, 0.2) is 0 Å². The van der Waals surface area contributed by atoms with Gasteiger partial charge in [0.05, 0.1) is 12.1 Å². The molecule has 1 aromatic rings. The Balaban J connectivity index is 2.25. The van der Waals surface area contributed by atoms with Crippen LogP contribution in [0.15, 0.2) is 12.3 Å². The highest BCUT2D eigenvalue weighted by atomic mass is 35.5. The second kappa shape index (κ2) is 8.64. The van der Waals surface area contributed by atoms with Crippen LogP contribution >= 0.6 is 11.6 Å². The molecule has 1 amide bonds. The van der Waals surface area contributed by atoms with Crippen molar-refractivity contribution in [2.75, 3.05) is 13.7 Å². The van der Waals surface area contributed by atoms with Gasteiger partial charge in [0.1, 0.15) is 5.69 Å². The molecule has 0 aliphatic heterocycles. The van der Waals surface area contributed by atoms with Crippen LogP contribution in [0.3, 0.4) is 0 Å². The van der Waals surface area contributed by atoms with Gasteiger partial charge in [-0.1, -0.05) is 18.0 Å². The molecule has 0 unspecified atom stereocenters. The quantitative estimate of drug-likeness (QED) is 0.593. The molecule has 0 atom stereocenters. The van der Waals surface area contributed by atoms with Crippen molar-refractivity contribution in [3.05, 3.63) is 23.0 Å². The largest absolute Gasteiger partial charge is 0.469 e. The van der Waals surface area contributed by atoms with E-state index >= 15 is 0 Å². The van der Waals surface area contributed by atoms with E-state index in [-0.39, 0.29) is 11.9 Å². The molecule has 1 N–H and O–H groups in total. The maximum absolute atomic E-state index is 12.0. The van der Waals surface area contributed by atoms with Crippen LogP contribution in [-0.2, 0) is 16.1 Å². The first-order chi connectivity index (χ1) is 9.58. The number of rotatable bonds is 8. The highest BCUT2D eigenvalue weighted by Crippen LogP contribution is 2.14. The molecule has 0 aliphatic rings. The van der Waals surface area contributed by atoms with Crippen molar-refractivity contribution >= 4 is 23.5 Å². The van der Waals surface area contributed by atoms with Crippen LogP contribution in [0, 0.1) is 0 Å². The van der Waals surface area contributed by atoms with Gasteiger partial charge in [0.2, 0.25) is 0 Å². The number of nitrogens with one attached hydrogen (secondary N) is 1. The van der Waals surface area contributed by atoms with Crippen LogP contribution in [0.4, 0.5) is 0 Å². The average molecular weight is 301 g/mol. The average Bonchev–Trinajstić information content (AvgIpc) is 2.83. The summed E-state index contributed by atoms with van der Waals surface area (Å²) in [5.74, 6) is -0.309. The number of methoxy groups -OCH3 is 1. The lowest BCUT2D eigenvalue weighted by atomic mass is 10.2. The number of nitrogens with zero attached hydrogens (tertiary/aromatic N) is 1. The van der Waals surface area contributed by atoms with Crippen LogP contribution in [0.25, 0.3) is 0 Å². The number of hydrogen-bond acceptors (Lipinski definition) is 3. The summed E-state index contributed by atoms with van der Waals surface area (Å²) in [4.78, 5) is 22.9. The fourth-order valence-corrected chi connectivity index (χ4v) is 2.11. The number of aryl methyl sites for hydroxylation is 1. The summed E-state index contributed by atoms with van der Waals surface area (Å²) in [6.45, 7) is 3.25. The molecule has 1 rings (SSSR count). The Morgan fingerprint density at radius 1 is 1.35 bits per heavy atom. The lowest BCUT2D eigenvalue weighted by Crippen LogP contribution is -2.26. The Labute approximate surface area is 124 Å². The normalized spacial score (nSPS) is 10.3. The number of aromatic nitrogens is 1. The number of esters is 1. The number of unbranched alkanes of at least 4 members (excludes halogenated alkanes) is 2. The molecule has 6 heteroatoms. The number of amides is 1. The van der Waals surface area contributed by atoms with Crippen LogP contribution in [0.5, 0.6) is 0 Å². The van der Waals surface area contributed by atoms with Crippen molar-refractivity contribution in [1.82, 2.24) is 9.88 Å². The lowest BCUT2D eigenvalue weighted by molar-refractivity contribution is -0.140. The summed E-state index contributed by atoms with van der Waals surface area (Å²) >= 11 is 5.89. The highest BCUT2D eigenvalue weighted by molar-refractivity contribution is 6.31. The van der Waals surface area contributed by atoms with Crippen molar-refractivity contribution in [3.8, 4) is 0 Å². The van der Waals surface area contributed by atoms with E-state index in [1.54, 1.807) is 12.3 Å². The number of ether oxygens (including phenoxy) is 1. The Morgan fingerprint density at radius 3 is 2.75 bits per heavy atom. The van der Waals surface area contributed by atoms with Crippen molar-refractivity contribution in [3.63, 3.8) is 0 Å². The van der Waals surface area contributed by atoms with Gasteiger partial charge < -0.3 is 14.6 Å². The van der Waals surface area contributed by atoms with Gasteiger partial charge >= 0.3 is 5.97 Å². The monoisotopic (exact) mass is 300 g/mol. The Morgan fingerprint density at radius 2 is 2.10 bits per heavy atom. The molecule has 112 valence electrons. The molecule has 0 saturated carbocycles. The van der Waals surface area contributed by atoms with Gasteiger partial charge in [0, 0.05) is 25.7 Å². The molecule has 0 saturated heterocycles. The molecule has 0 fully saturated rings. The smallest absolute Gasteiger partial charge is 0.305 e. The van der Waals surface area contributed by atoms with Crippen LogP contribution < -0.4 is 5.32 Å². The maximum atomic E-state index is 12.0. The third kappa shape index (κ3) is 5.25. The summed E-state index contributed by atoms with van der Waals surface area (Å²) < 4.78 is 6.37. The van der Waals surface area contributed by atoms with Crippen LogP contribution in [-0.4, -0.2) is 30.1 Å². The Bertz CT molecular complexity index is 457. The second-order valence-electron chi connectivity index (χ2n) is 4.47. The van der Waals surface area contributed by atoms with Crippen LogP contribution in [0.1, 0.15) is 43.1 Å². The molecule has 1 heterocycles. The molecule has 1 aromatic heterocycles. The minimum absolute atomic E-state index is 0.119. The summed E-state index contributed by atoms with van der Waals surface area (Å²) in [6.07, 6.45) is 4.67. The predicted molar refractivity (Wildman–Crippen MR) is 77.9 cm³/mol. The zero-order valence-corrected chi connectivity index (χ0v) is 12.7. The van der Waals surface area contributed by atoms with E-state index in [9.17, 15) is 9.59 Å². The summed E-state index contributed by atoms with van der Waals surface area (Å²) in [5.41, 5.74) is 0.576. The topological polar surface area (TPSA) is 60.3 Å². The van der Waals surface area contributed by atoms with Gasteiger partial charge in [-0.2, -0.15) is 0 Å². The highest BCUT2D eigenvalue weighted by Gasteiger charge is 2.11. The van der Waals surface area contributed by atoms with Crippen molar-refractivity contribution < 1.29 is 14.3 Å². The predicted octanol–water partition coefficient (Wildman–Crippen LogP) is 2.62. The molecule has 0 radical (unpaired) electrons. The first-order valence-electron chi connectivity index (χ1n) is 6.79. The van der Waals surface area contributed by atoms with E-state index in [0.29, 0.717) is 30.2 Å². The molecular weight excluding hydrogens is 280 g/mol. The number of hydrogen-bond donors (Lipinski definition) is 1. The first-order valence-corrected chi connectivity index (χ1v) is 7.17. The molecule has 0 aliphatic carbocycles. The Hall–Kier alpha value is -1.49. The Kier molecular flexibility index (Phi) is 7.15.